The highest BCUT2D eigenvalue weighted by Gasteiger charge is 2.07. The van der Waals surface area contributed by atoms with Crippen LogP contribution in [0.4, 0.5) is 0 Å². The molecule has 0 aliphatic rings. The van der Waals surface area contributed by atoms with E-state index < -0.39 is 0 Å². The molecule has 0 saturated carbocycles. The van der Waals surface area contributed by atoms with Crippen LogP contribution in [-0.4, -0.2) is 22.0 Å². The lowest BCUT2D eigenvalue weighted by Gasteiger charge is -2.07. The van der Waals surface area contributed by atoms with Gasteiger partial charge in [0.1, 0.15) is 17.1 Å². The summed E-state index contributed by atoms with van der Waals surface area (Å²) in [7, 11) is 0. The molecule has 6 nitrogen and oxygen atoms in total. The van der Waals surface area contributed by atoms with Gasteiger partial charge in [-0.2, -0.15) is 15.4 Å². The lowest BCUT2D eigenvalue weighted by molar-refractivity contribution is 0.307. The second-order valence-electron chi connectivity index (χ2n) is 6.77. The Hall–Kier alpha value is -3.41. The molecule has 0 aliphatic carbocycles. The number of nitrogens with zero attached hydrogens (tertiary/aromatic N) is 2. The number of nitrogens with one attached hydrogen (secondary N) is 1. The third-order valence-electron chi connectivity index (χ3n) is 4.58. The highest BCUT2D eigenvalue weighted by atomic mass is 16.5. The average Bonchev–Trinajstić information content (AvgIpc) is 3.22. The minimum atomic E-state index is -0.0348. The Labute approximate surface area is 162 Å². The van der Waals surface area contributed by atoms with Gasteiger partial charge in [0.15, 0.2) is 5.43 Å². The van der Waals surface area contributed by atoms with E-state index in [9.17, 15) is 4.79 Å². The molecular formula is C22H21N3O3. The molecule has 0 atom stereocenters. The van der Waals surface area contributed by atoms with Gasteiger partial charge in [-0.05, 0) is 62.6 Å². The molecule has 2 aromatic carbocycles. The number of H-pyrrole nitrogens is 1. The van der Waals surface area contributed by atoms with Crippen LogP contribution >= 0.6 is 0 Å². The lowest BCUT2D eigenvalue weighted by Crippen LogP contribution is -2.01. The molecule has 4 rings (SSSR count). The largest absolute Gasteiger partial charge is 0.494 e. The van der Waals surface area contributed by atoms with Crippen LogP contribution < -0.4 is 10.2 Å². The van der Waals surface area contributed by atoms with Crippen molar-refractivity contribution in [1.82, 2.24) is 15.4 Å². The zero-order valence-electron chi connectivity index (χ0n) is 15.6. The molecule has 28 heavy (non-hydrogen) atoms. The molecule has 0 saturated heterocycles. The average molecular weight is 375 g/mol. The Kier molecular flexibility index (Phi) is 5.19. The summed E-state index contributed by atoms with van der Waals surface area (Å²) in [5.41, 5.74) is 3.41. The first-order valence-corrected chi connectivity index (χ1v) is 9.31. The fourth-order valence-corrected chi connectivity index (χ4v) is 3.07. The van der Waals surface area contributed by atoms with Crippen LogP contribution in [0.15, 0.2) is 63.9 Å². The molecule has 0 unspecified atom stereocenters. The van der Waals surface area contributed by atoms with E-state index in [0.29, 0.717) is 23.3 Å². The smallest absolute Gasteiger partial charge is 0.193 e. The fourth-order valence-electron chi connectivity index (χ4n) is 3.07. The van der Waals surface area contributed by atoms with Crippen LogP contribution in [-0.2, 0) is 6.42 Å². The second kappa shape index (κ2) is 8.08. The quantitative estimate of drug-likeness (QED) is 0.487. The fraction of sp³-hybridized carbons (Fsp3) is 0.227. The molecule has 0 radical (unpaired) electrons. The van der Waals surface area contributed by atoms with Gasteiger partial charge in [0.25, 0.3) is 0 Å². The topological polar surface area (TPSA) is 81.0 Å². The summed E-state index contributed by atoms with van der Waals surface area (Å²) in [4.78, 5) is 12.4. The molecule has 2 aromatic heterocycles. The van der Waals surface area contributed by atoms with Crippen molar-refractivity contribution in [1.29, 1.82) is 0 Å². The van der Waals surface area contributed by atoms with Gasteiger partial charge >= 0.3 is 0 Å². The van der Waals surface area contributed by atoms with Gasteiger partial charge in [-0.25, -0.2) is 0 Å². The maximum Gasteiger partial charge on any atom is 0.193 e. The summed E-state index contributed by atoms with van der Waals surface area (Å²) in [5.74, 6) is 1.35. The van der Waals surface area contributed by atoms with Crippen molar-refractivity contribution in [2.24, 2.45) is 0 Å². The number of ether oxygens (including phenoxy) is 1. The normalized spacial score (nSPS) is 11.0. The number of aryl methyl sites for hydroxylation is 2. The van der Waals surface area contributed by atoms with E-state index in [2.05, 4.69) is 15.4 Å². The molecule has 1 N–H and O–H groups in total. The summed E-state index contributed by atoms with van der Waals surface area (Å²) < 4.78 is 11.7. The highest BCUT2D eigenvalue weighted by Crippen LogP contribution is 2.25. The zero-order valence-corrected chi connectivity index (χ0v) is 15.6. The van der Waals surface area contributed by atoms with Gasteiger partial charge in [-0.1, -0.05) is 11.6 Å². The molecular weight excluding hydrogens is 354 g/mol. The van der Waals surface area contributed by atoms with Crippen LogP contribution in [0.1, 0.15) is 24.1 Å². The Bertz CT molecular complexity index is 1120. The molecule has 0 spiro atoms. The summed E-state index contributed by atoms with van der Waals surface area (Å²) in [6.07, 6.45) is 4.56. The van der Waals surface area contributed by atoms with Gasteiger partial charge in [0.2, 0.25) is 0 Å². The van der Waals surface area contributed by atoms with Crippen molar-refractivity contribution in [2.45, 2.75) is 26.2 Å². The Morgan fingerprint density at radius 3 is 2.71 bits per heavy atom. The Morgan fingerprint density at radius 1 is 1.07 bits per heavy atom. The van der Waals surface area contributed by atoms with Crippen molar-refractivity contribution in [3.63, 3.8) is 0 Å². The minimum absolute atomic E-state index is 0.0348. The SMILES string of the molecule is Cc1ccc2oc(-c3ccc(OCCCCc4cn[nH]n4)cc3)cc(=O)c2c1. The minimum Gasteiger partial charge on any atom is -0.494 e. The molecule has 142 valence electrons. The number of hydrogen-bond acceptors (Lipinski definition) is 5. The highest BCUT2D eigenvalue weighted by molar-refractivity contribution is 5.79. The molecule has 0 bridgehead atoms. The monoisotopic (exact) mass is 375 g/mol. The van der Waals surface area contributed by atoms with Gasteiger partial charge < -0.3 is 9.15 Å². The molecule has 0 fully saturated rings. The van der Waals surface area contributed by atoms with E-state index in [0.717, 1.165) is 41.8 Å². The number of fused-ring (bicyclic) bond motifs is 1. The van der Waals surface area contributed by atoms with Gasteiger partial charge in [-0.15, -0.1) is 0 Å². The van der Waals surface area contributed by atoms with Crippen molar-refractivity contribution in [3.05, 3.63) is 76.2 Å². The zero-order chi connectivity index (χ0) is 19.3. The number of unbranched alkanes of at least 4 members (excludes halogenated alkanes) is 1. The number of hydrogen-bond donors (Lipinski definition) is 1. The second-order valence-corrected chi connectivity index (χ2v) is 6.77. The number of aromatic amines is 1. The predicted molar refractivity (Wildman–Crippen MR) is 107 cm³/mol. The van der Waals surface area contributed by atoms with Crippen molar-refractivity contribution < 1.29 is 9.15 Å². The predicted octanol–water partition coefficient (Wildman–Crippen LogP) is 4.29. The number of aromatic nitrogens is 3. The lowest BCUT2D eigenvalue weighted by atomic mass is 10.1. The molecule has 6 heteroatoms. The van der Waals surface area contributed by atoms with Crippen LogP contribution in [0.5, 0.6) is 5.75 Å². The first-order chi connectivity index (χ1) is 13.7. The Balaban J connectivity index is 1.38. The molecule has 2 heterocycles. The number of benzene rings is 2. The van der Waals surface area contributed by atoms with Crippen molar-refractivity contribution in [3.8, 4) is 17.1 Å². The van der Waals surface area contributed by atoms with Crippen LogP contribution in [0.2, 0.25) is 0 Å². The molecule has 4 aromatic rings. The molecule has 0 amide bonds. The van der Waals surface area contributed by atoms with Gasteiger partial charge in [0, 0.05) is 11.6 Å². The van der Waals surface area contributed by atoms with E-state index in [1.54, 1.807) is 12.3 Å². The van der Waals surface area contributed by atoms with Crippen LogP contribution in [0.25, 0.3) is 22.3 Å². The van der Waals surface area contributed by atoms with Gasteiger partial charge in [0.05, 0.1) is 23.9 Å². The van der Waals surface area contributed by atoms with Crippen LogP contribution in [0, 0.1) is 6.92 Å². The summed E-state index contributed by atoms with van der Waals surface area (Å²) >= 11 is 0. The van der Waals surface area contributed by atoms with Gasteiger partial charge in [-0.3, -0.25) is 4.79 Å². The van der Waals surface area contributed by atoms with E-state index in [4.69, 9.17) is 9.15 Å². The van der Waals surface area contributed by atoms with E-state index >= 15 is 0 Å². The first kappa shape index (κ1) is 18.0. The number of rotatable bonds is 7. The summed E-state index contributed by atoms with van der Waals surface area (Å²) in [6, 6.07) is 14.8. The van der Waals surface area contributed by atoms with Crippen LogP contribution in [0.3, 0.4) is 0 Å². The van der Waals surface area contributed by atoms with E-state index in [-0.39, 0.29) is 5.43 Å². The standard InChI is InChI=1S/C22H21N3O3/c1-15-5-10-21-19(12-15)20(26)13-22(28-21)16-6-8-18(9-7-16)27-11-3-2-4-17-14-23-25-24-17/h5-10,12-14H,2-4,11H2,1H3,(H,23,24,25). The maximum absolute atomic E-state index is 12.4. The third kappa shape index (κ3) is 4.11. The maximum atomic E-state index is 12.4. The Morgan fingerprint density at radius 2 is 1.93 bits per heavy atom. The van der Waals surface area contributed by atoms with Crippen molar-refractivity contribution in [2.75, 3.05) is 6.61 Å². The summed E-state index contributed by atoms with van der Waals surface area (Å²) in [6.45, 7) is 2.60. The van der Waals surface area contributed by atoms with E-state index in [1.165, 1.54) is 0 Å². The van der Waals surface area contributed by atoms with Crippen molar-refractivity contribution >= 4 is 11.0 Å². The first-order valence-electron chi connectivity index (χ1n) is 9.31. The summed E-state index contributed by atoms with van der Waals surface area (Å²) in [5, 5.41) is 11.0. The molecule has 0 aliphatic heterocycles. The van der Waals surface area contributed by atoms with E-state index in [1.807, 2.05) is 49.4 Å². The third-order valence-corrected chi connectivity index (χ3v) is 4.58.